The van der Waals surface area contributed by atoms with E-state index in [0.717, 1.165) is 0 Å². The summed E-state index contributed by atoms with van der Waals surface area (Å²) in [5.41, 5.74) is 0. The van der Waals surface area contributed by atoms with Crippen LogP contribution in [0.25, 0.3) is 0 Å². The van der Waals surface area contributed by atoms with Gasteiger partial charge in [-0.25, -0.2) is 0 Å². The van der Waals surface area contributed by atoms with Crippen LogP contribution in [0.15, 0.2) is 0 Å². The van der Waals surface area contributed by atoms with Gasteiger partial charge in [-0.2, -0.15) is 0 Å². The van der Waals surface area contributed by atoms with E-state index in [0.29, 0.717) is 0 Å². The topological polar surface area (TPSA) is 98.0 Å². The van der Waals surface area contributed by atoms with Crippen molar-refractivity contribution in [3.63, 3.8) is 0 Å². The Hall–Kier alpha value is -0.490. The van der Waals surface area contributed by atoms with Crippen molar-refractivity contribution in [2.45, 2.75) is 0 Å². The Morgan fingerprint density at radius 1 is 0.833 bits per heavy atom. The van der Waals surface area contributed by atoms with Gasteiger partial charge in [-0.1, -0.05) is 0 Å². The van der Waals surface area contributed by atoms with Crippen LogP contribution in [0, 0.1) is 0 Å². The van der Waals surface area contributed by atoms with Crippen molar-refractivity contribution in [3.05, 3.63) is 0 Å². The van der Waals surface area contributed by atoms with Crippen molar-refractivity contribution in [3.8, 4) is 0 Å². The lowest BCUT2D eigenvalue weighted by Crippen LogP contribution is -1.29. The molecule has 0 heterocycles. The van der Waals surface area contributed by atoms with Crippen LogP contribution in [0.1, 0.15) is 0 Å². The van der Waals surface area contributed by atoms with Gasteiger partial charge in [0.1, 0.15) is 6.79 Å². The molecule has 5 heteroatoms. The summed E-state index contributed by atoms with van der Waals surface area (Å²) in [7, 11) is 0. The van der Waals surface area contributed by atoms with Crippen LogP contribution in [0.5, 0.6) is 0 Å². The van der Waals surface area contributed by atoms with Gasteiger partial charge in [-0.3, -0.25) is 21.0 Å². The molecule has 0 aliphatic carbocycles. The van der Waals surface area contributed by atoms with Crippen LogP contribution < -0.4 is 0 Å². The molecule has 5 nitrogen and oxygen atoms in total. The molecule has 0 fully saturated rings. The van der Waals surface area contributed by atoms with E-state index in [-0.39, 0.29) is 0 Å². The van der Waals surface area contributed by atoms with Gasteiger partial charge >= 0.3 is 0 Å². The Morgan fingerprint density at radius 3 is 0.833 bits per heavy atom. The quantitative estimate of drug-likeness (QED) is 0.249. The molecular weight excluding hydrogens is 92.0 g/mol. The average molecular weight is 98.1 g/mol. The molecule has 0 aromatic rings. The number of carbonyl (C=O) groups is 1. The lowest BCUT2D eigenvalue weighted by Gasteiger charge is -1.25. The minimum atomic E-state index is 2.00. The smallest absolute Gasteiger partial charge is 0.106 e. The van der Waals surface area contributed by atoms with Gasteiger partial charge in [-0.15, -0.1) is 0 Å². The summed E-state index contributed by atoms with van der Waals surface area (Å²) in [6, 6.07) is 0. The van der Waals surface area contributed by atoms with E-state index in [1.54, 1.807) is 0 Å². The standard InChI is InChI=1S/CH2O.2H2O2/c3*1-2/h1H2;2*1-2H. The fraction of sp³-hybridized carbons (Fsp3) is 0. The molecule has 0 rings (SSSR count). The highest BCUT2D eigenvalue weighted by molar-refractivity contribution is 5.10. The number of hydrogen-bond acceptors (Lipinski definition) is 5. The summed E-state index contributed by atoms with van der Waals surface area (Å²) in [5.74, 6) is 0. The maximum Gasteiger partial charge on any atom is 0.106 e. The first-order valence-electron chi connectivity index (χ1n) is 0.689. The molecule has 0 atom stereocenters. The third kappa shape index (κ3) is 92.1. The lowest BCUT2D eigenvalue weighted by molar-refractivity contribution is -0.176. The second kappa shape index (κ2) is 231. The first-order valence-corrected chi connectivity index (χ1v) is 0.689. The van der Waals surface area contributed by atoms with Crippen LogP contribution in [0.4, 0.5) is 0 Å². The second-order valence-electron chi connectivity index (χ2n) is 0. The molecule has 6 heavy (non-hydrogen) atoms. The Kier molecular flexibility index (Phi) is 686. The molecule has 0 radical (unpaired) electrons. The van der Waals surface area contributed by atoms with Crippen LogP contribution in [0.2, 0.25) is 0 Å². The van der Waals surface area contributed by atoms with Crippen LogP contribution >= 0.6 is 0 Å². The van der Waals surface area contributed by atoms with Gasteiger partial charge in [0.15, 0.2) is 0 Å². The highest BCUT2D eigenvalue weighted by atomic mass is 17.0. The summed E-state index contributed by atoms with van der Waals surface area (Å²) in [5, 5.41) is 24.0. The van der Waals surface area contributed by atoms with Crippen molar-refractivity contribution in [2.75, 3.05) is 0 Å². The second-order valence-corrected chi connectivity index (χ2v) is 0. The van der Waals surface area contributed by atoms with Gasteiger partial charge in [0.25, 0.3) is 0 Å². The van der Waals surface area contributed by atoms with Crippen molar-refractivity contribution < 1.29 is 25.8 Å². The van der Waals surface area contributed by atoms with Crippen molar-refractivity contribution >= 4 is 6.79 Å². The Balaban J connectivity index is -0.0000000225. The average Bonchev–Trinajstić information content (AvgIpc) is 1.81. The Bertz CT molecular complexity index is 3.90. The minimum Gasteiger partial charge on any atom is -0.307 e. The molecule has 0 unspecified atom stereocenters. The van der Waals surface area contributed by atoms with Gasteiger partial charge < -0.3 is 4.79 Å². The predicted octanol–water partition coefficient (Wildman–Crippen LogP) is -0.150. The summed E-state index contributed by atoms with van der Waals surface area (Å²) >= 11 is 0. The maximum absolute atomic E-state index is 8.00. The maximum atomic E-state index is 8.00. The van der Waals surface area contributed by atoms with Gasteiger partial charge in [0.2, 0.25) is 0 Å². The molecule has 0 bridgehead atoms. The predicted molar refractivity (Wildman–Crippen MR) is 17.6 cm³/mol. The van der Waals surface area contributed by atoms with E-state index in [9.17, 15) is 0 Å². The van der Waals surface area contributed by atoms with Crippen LogP contribution in [-0.2, 0) is 4.79 Å². The molecule has 0 spiro atoms. The van der Waals surface area contributed by atoms with Crippen molar-refractivity contribution in [2.24, 2.45) is 0 Å². The molecule has 0 saturated heterocycles. The summed E-state index contributed by atoms with van der Waals surface area (Å²) in [6.07, 6.45) is 0. The summed E-state index contributed by atoms with van der Waals surface area (Å²) < 4.78 is 0. The molecule has 0 amide bonds. The summed E-state index contributed by atoms with van der Waals surface area (Å²) in [4.78, 5) is 8.00. The molecular formula is CH6O5. The van der Waals surface area contributed by atoms with E-state index in [1.165, 1.54) is 0 Å². The summed E-state index contributed by atoms with van der Waals surface area (Å²) in [6.45, 7) is 2.00. The van der Waals surface area contributed by atoms with Gasteiger partial charge in [-0.05, 0) is 0 Å². The van der Waals surface area contributed by atoms with E-state index in [2.05, 4.69) is 0 Å². The first kappa shape index (κ1) is 17.8. The molecule has 4 N–H and O–H groups in total. The SMILES string of the molecule is C=O.OO.OO. The molecule has 0 aliphatic rings. The number of rotatable bonds is 0. The van der Waals surface area contributed by atoms with E-state index in [1.807, 2.05) is 6.79 Å². The monoisotopic (exact) mass is 98.0 g/mol. The lowest BCUT2D eigenvalue weighted by atomic mass is 11.9. The van der Waals surface area contributed by atoms with Gasteiger partial charge in [0, 0.05) is 0 Å². The number of carbonyl (C=O) groups excluding carboxylic acids is 1. The normalized spacial score (nSPS) is 2.67. The highest BCUT2D eigenvalue weighted by Crippen LogP contribution is 0.713. The number of hydrogen-bond donors (Lipinski definition) is 4. The third-order valence-corrected chi connectivity index (χ3v) is 0. The zero-order chi connectivity index (χ0) is 6.00. The zero-order valence-corrected chi connectivity index (χ0v) is 2.90. The molecule has 0 saturated carbocycles. The molecule has 0 aromatic carbocycles. The molecule has 40 valence electrons. The van der Waals surface area contributed by atoms with Crippen LogP contribution in [-0.4, -0.2) is 27.8 Å². The Morgan fingerprint density at radius 2 is 0.833 bits per heavy atom. The zero-order valence-electron chi connectivity index (χ0n) is 2.90. The molecule has 0 aromatic heterocycles. The van der Waals surface area contributed by atoms with E-state index >= 15 is 0 Å². The molecule has 0 aliphatic heterocycles. The highest BCUT2D eigenvalue weighted by Gasteiger charge is 0.748. The third-order valence-electron chi connectivity index (χ3n) is 0. The fourth-order valence-corrected chi connectivity index (χ4v) is 0. The van der Waals surface area contributed by atoms with Gasteiger partial charge in [0.05, 0.1) is 0 Å². The minimum absolute atomic E-state index is 2.00. The first-order chi connectivity index (χ1) is 3.00. The van der Waals surface area contributed by atoms with Crippen molar-refractivity contribution in [1.29, 1.82) is 0 Å². The van der Waals surface area contributed by atoms with Crippen LogP contribution in [0.3, 0.4) is 0 Å². The Labute approximate surface area is 33.9 Å². The van der Waals surface area contributed by atoms with E-state index < -0.39 is 0 Å². The van der Waals surface area contributed by atoms with Crippen molar-refractivity contribution in [1.82, 2.24) is 0 Å². The largest absolute Gasteiger partial charge is 0.307 e. The fourth-order valence-electron chi connectivity index (χ4n) is 0. The van der Waals surface area contributed by atoms with E-state index in [4.69, 9.17) is 25.8 Å².